The molecule has 38 heavy (non-hydrogen) atoms. The number of hydrogen-bond acceptors (Lipinski definition) is 3. The highest BCUT2D eigenvalue weighted by atomic mass is 35.5. The van der Waals surface area contributed by atoms with E-state index in [4.69, 9.17) is 39.4 Å². The zero-order valence-electron chi connectivity index (χ0n) is 20.5. The minimum absolute atomic E-state index is 0.0369. The van der Waals surface area contributed by atoms with Gasteiger partial charge < -0.3 is 10.6 Å². The number of carbonyl (C=O) groups excluding carboxylic acids is 1. The largest absolute Gasteiger partial charge is 0.387 e. The average molecular weight is 550 g/mol. The van der Waals surface area contributed by atoms with Gasteiger partial charge in [0.15, 0.2) is 5.69 Å². The molecule has 0 aliphatic carbocycles. The third-order valence-electron chi connectivity index (χ3n) is 6.88. The van der Waals surface area contributed by atoms with E-state index in [1.165, 1.54) is 6.07 Å². The number of likely N-dealkylation sites (tertiary alicyclic amines) is 1. The highest BCUT2D eigenvalue weighted by Gasteiger charge is 2.32. The molecule has 5 rings (SSSR count). The lowest BCUT2D eigenvalue weighted by Gasteiger charge is -2.32. The van der Waals surface area contributed by atoms with Crippen LogP contribution in [0.25, 0.3) is 16.9 Å². The van der Waals surface area contributed by atoms with Crippen LogP contribution >= 0.6 is 23.2 Å². The summed E-state index contributed by atoms with van der Waals surface area (Å²) in [5, 5.41) is 13.8. The predicted octanol–water partition coefficient (Wildman–Crippen LogP) is 6.48. The van der Waals surface area contributed by atoms with Gasteiger partial charge in [0.25, 0.3) is 5.91 Å². The second kappa shape index (κ2) is 11.0. The van der Waals surface area contributed by atoms with Crippen molar-refractivity contribution in [2.45, 2.75) is 25.2 Å². The molecule has 0 saturated carbocycles. The normalized spacial score (nSPS) is 14.0. The summed E-state index contributed by atoms with van der Waals surface area (Å²) in [4.78, 5) is 15.6. The number of halogens is 3. The number of carbonyl (C=O) groups is 1. The summed E-state index contributed by atoms with van der Waals surface area (Å²) in [6, 6.07) is 21.2. The van der Waals surface area contributed by atoms with E-state index < -0.39 is 0 Å². The quantitative estimate of drug-likeness (QED) is 0.213. The van der Waals surface area contributed by atoms with Crippen LogP contribution in [0.3, 0.4) is 0 Å². The summed E-state index contributed by atoms with van der Waals surface area (Å²) < 4.78 is 16.0. The lowest BCUT2D eigenvalue weighted by Crippen LogP contribution is -2.38. The number of amidine groups is 1. The Hall–Kier alpha value is -3.68. The molecule has 1 aliphatic heterocycles. The van der Waals surface area contributed by atoms with Crippen LogP contribution in [0.1, 0.15) is 40.4 Å². The molecule has 1 amide bonds. The van der Waals surface area contributed by atoms with E-state index >= 15 is 0 Å². The number of nitrogens with one attached hydrogen (secondary N) is 1. The summed E-state index contributed by atoms with van der Waals surface area (Å²) in [5.41, 5.74) is 9.28. The molecule has 194 valence electrons. The maximum atomic E-state index is 14.4. The molecule has 1 aromatic heterocycles. The lowest BCUT2D eigenvalue weighted by atomic mass is 9.89. The van der Waals surface area contributed by atoms with Crippen LogP contribution < -0.4 is 5.73 Å². The van der Waals surface area contributed by atoms with Gasteiger partial charge in [0.05, 0.1) is 22.2 Å². The third-order valence-corrected chi connectivity index (χ3v) is 7.45. The molecule has 9 heteroatoms. The van der Waals surface area contributed by atoms with Crippen LogP contribution in [-0.2, 0) is 6.42 Å². The van der Waals surface area contributed by atoms with E-state index in [-0.39, 0.29) is 35.6 Å². The fourth-order valence-corrected chi connectivity index (χ4v) is 5.37. The highest BCUT2D eigenvalue weighted by Crippen LogP contribution is 2.35. The fourth-order valence-electron chi connectivity index (χ4n) is 5.03. The second-order valence-electron chi connectivity index (χ2n) is 9.34. The Morgan fingerprint density at radius 2 is 1.66 bits per heavy atom. The number of nitrogens with zero attached hydrogens (tertiary/aromatic N) is 3. The monoisotopic (exact) mass is 549 g/mol. The third kappa shape index (κ3) is 5.17. The maximum absolute atomic E-state index is 14.4. The number of amides is 1. The van der Waals surface area contributed by atoms with Gasteiger partial charge in [-0.15, -0.1) is 0 Å². The Morgan fingerprint density at radius 3 is 2.32 bits per heavy atom. The van der Waals surface area contributed by atoms with Crippen molar-refractivity contribution in [2.75, 3.05) is 13.1 Å². The van der Waals surface area contributed by atoms with Crippen LogP contribution in [0.15, 0.2) is 72.8 Å². The molecule has 1 saturated heterocycles. The average Bonchev–Trinajstić information content (AvgIpc) is 3.27. The molecular formula is C29H26Cl2FN5O. The van der Waals surface area contributed by atoms with Crippen molar-refractivity contribution in [1.29, 1.82) is 5.41 Å². The van der Waals surface area contributed by atoms with Crippen molar-refractivity contribution in [2.24, 2.45) is 5.73 Å². The molecule has 0 bridgehead atoms. The van der Waals surface area contributed by atoms with Gasteiger partial charge in [-0.25, -0.2) is 9.07 Å². The molecule has 1 fully saturated rings. The standard InChI is InChI=1S/C29H26Cl2FN5O/c30-20-11-9-19(10-12-20)28-22(17-26(33)34)27(35-37(28)25-8-4-2-6-23(25)31)29(38)36-15-13-18(14-16-36)21-5-1-3-7-24(21)32/h1-12,18H,13-17H2,(H3,33,34). The SMILES string of the molecule is N=C(N)Cc1c(C(=O)N2CCC(c3ccccc3F)CC2)nn(-c2ccccc2Cl)c1-c1ccc(Cl)cc1. The zero-order chi connectivity index (χ0) is 26.8. The molecule has 0 atom stereocenters. The molecule has 3 aromatic carbocycles. The van der Waals surface area contributed by atoms with Crippen molar-refractivity contribution >= 4 is 34.9 Å². The Bertz CT molecular complexity index is 1490. The summed E-state index contributed by atoms with van der Waals surface area (Å²) in [6.07, 6.45) is 1.32. The molecule has 1 aliphatic rings. The van der Waals surface area contributed by atoms with Crippen molar-refractivity contribution < 1.29 is 9.18 Å². The highest BCUT2D eigenvalue weighted by molar-refractivity contribution is 6.32. The van der Waals surface area contributed by atoms with Gasteiger partial charge in [-0.05, 0) is 54.7 Å². The smallest absolute Gasteiger partial charge is 0.274 e. The molecule has 6 nitrogen and oxygen atoms in total. The zero-order valence-corrected chi connectivity index (χ0v) is 22.0. The summed E-state index contributed by atoms with van der Waals surface area (Å²) >= 11 is 12.7. The van der Waals surface area contributed by atoms with Crippen molar-refractivity contribution in [3.8, 4) is 16.9 Å². The topological polar surface area (TPSA) is 88.0 Å². The van der Waals surface area contributed by atoms with Crippen LogP contribution in [-0.4, -0.2) is 39.5 Å². The van der Waals surface area contributed by atoms with Gasteiger partial charge in [-0.1, -0.05) is 65.7 Å². The maximum Gasteiger partial charge on any atom is 0.274 e. The van der Waals surface area contributed by atoms with Gasteiger partial charge in [-0.3, -0.25) is 10.2 Å². The molecule has 0 radical (unpaired) electrons. The van der Waals surface area contributed by atoms with E-state index in [1.54, 1.807) is 33.8 Å². The van der Waals surface area contributed by atoms with E-state index in [0.717, 1.165) is 5.56 Å². The number of aromatic nitrogens is 2. The van der Waals surface area contributed by atoms with Crippen molar-refractivity contribution in [1.82, 2.24) is 14.7 Å². The molecular weight excluding hydrogens is 524 g/mol. The second-order valence-corrected chi connectivity index (χ2v) is 10.2. The Morgan fingerprint density at radius 1 is 1.00 bits per heavy atom. The first-order valence-electron chi connectivity index (χ1n) is 12.3. The van der Waals surface area contributed by atoms with E-state index in [1.807, 2.05) is 42.5 Å². The molecule has 4 aromatic rings. The number of nitrogens with two attached hydrogens (primary N) is 1. The number of hydrogen-bond donors (Lipinski definition) is 2. The number of benzene rings is 3. The van der Waals surface area contributed by atoms with E-state index in [2.05, 4.69) is 0 Å². The van der Waals surface area contributed by atoms with Crippen LogP contribution in [0.2, 0.25) is 10.0 Å². The minimum Gasteiger partial charge on any atom is -0.387 e. The summed E-state index contributed by atoms with van der Waals surface area (Å²) in [5.74, 6) is -0.519. The van der Waals surface area contributed by atoms with Gasteiger partial charge in [0.2, 0.25) is 0 Å². The van der Waals surface area contributed by atoms with E-state index in [9.17, 15) is 9.18 Å². The molecule has 0 spiro atoms. The first-order valence-corrected chi connectivity index (χ1v) is 13.1. The van der Waals surface area contributed by atoms with Crippen molar-refractivity contribution in [3.05, 3.63) is 105 Å². The number of piperidine rings is 1. The predicted molar refractivity (Wildman–Crippen MR) is 149 cm³/mol. The molecule has 2 heterocycles. The van der Waals surface area contributed by atoms with Gasteiger partial charge >= 0.3 is 0 Å². The number of para-hydroxylation sites is 1. The lowest BCUT2D eigenvalue weighted by molar-refractivity contribution is 0.0705. The Labute approximate surface area is 230 Å². The van der Waals surface area contributed by atoms with Crippen LogP contribution in [0.5, 0.6) is 0 Å². The summed E-state index contributed by atoms with van der Waals surface area (Å²) in [6.45, 7) is 0.930. The first kappa shape index (κ1) is 25.9. The number of rotatable bonds is 6. The van der Waals surface area contributed by atoms with Crippen molar-refractivity contribution in [3.63, 3.8) is 0 Å². The first-order chi connectivity index (χ1) is 18.3. The molecule has 0 unspecified atom stereocenters. The van der Waals surface area contributed by atoms with Crippen LogP contribution in [0.4, 0.5) is 4.39 Å². The Balaban J connectivity index is 1.55. The minimum atomic E-state index is -0.255. The summed E-state index contributed by atoms with van der Waals surface area (Å²) in [7, 11) is 0. The van der Waals surface area contributed by atoms with E-state index in [0.29, 0.717) is 58.5 Å². The van der Waals surface area contributed by atoms with Crippen LogP contribution in [0, 0.1) is 11.2 Å². The Kier molecular flexibility index (Phi) is 7.49. The fraction of sp³-hybridized carbons (Fsp3) is 0.207. The molecule has 3 N–H and O–H groups in total. The van der Waals surface area contributed by atoms with Gasteiger partial charge in [-0.2, -0.15) is 5.10 Å². The van der Waals surface area contributed by atoms with Gasteiger partial charge in [0.1, 0.15) is 5.82 Å². The van der Waals surface area contributed by atoms with Gasteiger partial charge in [0, 0.05) is 35.7 Å².